The van der Waals surface area contributed by atoms with E-state index in [0.717, 1.165) is 10.8 Å². The molecule has 0 heterocycles. The minimum atomic E-state index is -0.334. The van der Waals surface area contributed by atoms with E-state index in [2.05, 4.69) is 10.2 Å². The Morgan fingerprint density at radius 1 is 0.750 bits per heavy atom. The van der Waals surface area contributed by atoms with Crippen molar-refractivity contribution < 1.29 is 4.79 Å². The van der Waals surface area contributed by atoms with Crippen LogP contribution in [0.15, 0.2) is 83.0 Å². The topological polar surface area (TPSA) is 41.8 Å². The molecule has 1 amide bonds. The molecule has 0 bridgehead atoms. The van der Waals surface area contributed by atoms with Crippen LogP contribution in [-0.4, -0.2) is 5.91 Å². The fourth-order valence-corrected chi connectivity index (χ4v) is 1.98. The number of azo groups is 1. The van der Waals surface area contributed by atoms with Gasteiger partial charge in [-0.15, -0.1) is 10.2 Å². The first-order valence-corrected chi connectivity index (χ1v) is 6.33. The Bertz CT molecular complexity index is 779. The van der Waals surface area contributed by atoms with Crippen molar-refractivity contribution >= 4 is 22.4 Å². The predicted octanol–water partition coefficient (Wildman–Crippen LogP) is 4.76. The van der Waals surface area contributed by atoms with Gasteiger partial charge >= 0.3 is 0 Å². The average Bonchev–Trinajstić information content (AvgIpc) is 2.53. The Morgan fingerprint density at radius 3 is 2.25 bits per heavy atom. The van der Waals surface area contributed by atoms with E-state index in [0.29, 0.717) is 11.3 Å². The third kappa shape index (κ3) is 2.62. The number of benzene rings is 3. The zero-order valence-electron chi connectivity index (χ0n) is 10.7. The molecule has 0 spiro atoms. The number of amides is 1. The summed E-state index contributed by atoms with van der Waals surface area (Å²) in [5, 5.41) is 9.82. The van der Waals surface area contributed by atoms with Crippen molar-refractivity contribution in [2.45, 2.75) is 0 Å². The van der Waals surface area contributed by atoms with Crippen LogP contribution < -0.4 is 0 Å². The number of nitrogens with zero attached hydrogens (tertiary/aromatic N) is 2. The van der Waals surface area contributed by atoms with Gasteiger partial charge in [0, 0.05) is 5.56 Å². The predicted molar refractivity (Wildman–Crippen MR) is 79.2 cm³/mol. The molecule has 0 aromatic heterocycles. The van der Waals surface area contributed by atoms with Gasteiger partial charge in [-0.1, -0.05) is 48.5 Å². The second-order valence-corrected chi connectivity index (χ2v) is 4.40. The van der Waals surface area contributed by atoms with Crippen LogP contribution in [0.4, 0.5) is 5.69 Å². The molecule has 0 atom stereocenters. The molecule has 3 nitrogen and oxygen atoms in total. The largest absolute Gasteiger partial charge is 0.295 e. The van der Waals surface area contributed by atoms with Crippen molar-refractivity contribution in [1.29, 1.82) is 0 Å². The highest BCUT2D eigenvalue weighted by atomic mass is 16.1. The molecule has 96 valence electrons. The Morgan fingerprint density at radius 2 is 1.45 bits per heavy atom. The van der Waals surface area contributed by atoms with Crippen LogP contribution in [0.1, 0.15) is 10.4 Å². The molecule has 0 fully saturated rings. The molecule has 0 aliphatic rings. The van der Waals surface area contributed by atoms with Gasteiger partial charge in [-0.2, -0.15) is 0 Å². The average molecular weight is 260 g/mol. The molecule has 0 N–H and O–H groups in total. The number of hydrogen-bond donors (Lipinski definition) is 0. The molecule has 3 rings (SSSR count). The van der Waals surface area contributed by atoms with Gasteiger partial charge in [0.2, 0.25) is 0 Å². The van der Waals surface area contributed by atoms with Gasteiger partial charge in [-0.25, -0.2) is 0 Å². The third-order valence-corrected chi connectivity index (χ3v) is 3.01. The zero-order valence-corrected chi connectivity index (χ0v) is 10.7. The van der Waals surface area contributed by atoms with Crippen molar-refractivity contribution in [3.05, 3.63) is 78.4 Å². The lowest BCUT2D eigenvalue weighted by Gasteiger charge is -1.99. The van der Waals surface area contributed by atoms with Gasteiger partial charge in [0.1, 0.15) is 0 Å². The van der Waals surface area contributed by atoms with E-state index in [4.69, 9.17) is 0 Å². The van der Waals surface area contributed by atoms with Crippen LogP contribution in [-0.2, 0) is 0 Å². The molecule has 20 heavy (non-hydrogen) atoms. The maximum Gasteiger partial charge on any atom is 0.295 e. The van der Waals surface area contributed by atoms with Gasteiger partial charge in [0.15, 0.2) is 0 Å². The third-order valence-electron chi connectivity index (χ3n) is 3.01. The Balaban J connectivity index is 1.87. The maximum atomic E-state index is 12.0. The summed E-state index contributed by atoms with van der Waals surface area (Å²) in [6.45, 7) is 0. The Hall–Kier alpha value is -2.81. The van der Waals surface area contributed by atoms with E-state index < -0.39 is 0 Å². The van der Waals surface area contributed by atoms with Crippen LogP contribution in [0.25, 0.3) is 10.8 Å². The van der Waals surface area contributed by atoms with Crippen LogP contribution in [0.2, 0.25) is 0 Å². The summed E-state index contributed by atoms with van der Waals surface area (Å²) >= 11 is 0. The molecule has 3 aromatic carbocycles. The molecule has 0 saturated carbocycles. The second-order valence-electron chi connectivity index (χ2n) is 4.40. The number of hydrogen-bond acceptors (Lipinski definition) is 2. The normalized spacial score (nSPS) is 11.0. The van der Waals surface area contributed by atoms with Crippen LogP contribution in [0.5, 0.6) is 0 Å². The second kappa shape index (κ2) is 5.45. The lowest BCUT2D eigenvalue weighted by atomic mass is 10.1. The van der Waals surface area contributed by atoms with Crippen molar-refractivity contribution in [2.75, 3.05) is 0 Å². The van der Waals surface area contributed by atoms with Crippen LogP contribution in [0, 0.1) is 0 Å². The number of rotatable bonds is 2. The minimum absolute atomic E-state index is 0.334. The van der Waals surface area contributed by atoms with E-state index in [9.17, 15) is 4.79 Å². The highest BCUT2D eigenvalue weighted by Gasteiger charge is 2.05. The first-order chi connectivity index (χ1) is 9.83. The lowest BCUT2D eigenvalue weighted by Crippen LogP contribution is -1.93. The van der Waals surface area contributed by atoms with Gasteiger partial charge in [0.25, 0.3) is 5.91 Å². The van der Waals surface area contributed by atoms with Gasteiger partial charge in [0.05, 0.1) is 5.69 Å². The van der Waals surface area contributed by atoms with Crippen LogP contribution in [0.3, 0.4) is 0 Å². The molecular weight excluding hydrogens is 248 g/mol. The fraction of sp³-hybridized carbons (Fsp3) is 0. The van der Waals surface area contributed by atoms with Crippen LogP contribution >= 0.6 is 0 Å². The monoisotopic (exact) mass is 260 g/mol. The van der Waals surface area contributed by atoms with E-state index in [1.165, 1.54) is 0 Å². The van der Waals surface area contributed by atoms with Gasteiger partial charge in [-0.05, 0) is 35.0 Å². The van der Waals surface area contributed by atoms with E-state index in [1.807, 2.05) is 54.6 Å². The highest BCUT2D eigenvalue weighted by molar-refractivity contribution is 5.98. The summed E-state index contributed by atoms with van der Waals surface area (Å²) in [5.41, 5.74) is 1.21. The van der Waals surface area contributed by atoms with Crippen molar-refractivity contribution in [3.63, 3.8) is 0 Å². The highest BCUT2D eigenvalue weighted by Crippen LogP contribution is 2.17. The SMILES string of the molecule is O=C(N=Nc1ccccc1)c1ccc2ccccc2c1. The number of carbonyl (C=O) groups is 1. The standard InChI is InChI=1S/C17H12N2O/c20-17(19-18-16-8-2-1-3-9-16)15-11-10-13-6-4-5-7-14(13)12-15/h1-12H. The van der Waals surface area contributed by atoms with Gasteiger partial charge in [-0.3, -0.25) is 4.79 Å². The van der Waals surface area contributed by atoms with E-state index in [1.54, 1.807) is 18.2 Å². The number of carbonyl (C=O) groups excluding carboxylic acids is 1. The number of fused-ring (bicyclic) bond motifs is 1. The zero-order chi connectivity index (χ0) is 13.8. The smallest absolute Gasteiger partial charge is 0.265 e. The Kier molecular flexibility index (Phi) is 3.33. The summed E-state index contributed by atoms with van der Waals surface area (Å²) in [6.07, 6.45) is 0. The molecule has 0 radical (unpaired) electrons. The van der Waals surface area contributed by atoms with Crippen molar-refractivity contribution in [1.82, 2.24) is 0 Å². The summed E-state index contributed by atoms with van der Waals surface area (Å²) in [7, 11) is 0. The molecular formula is C17H12N2O. The van der Waals surface area contributed by atoms with Gasteiger partial charge < -0.3 is 0 Å². The fourth-order valence-electron chi connectivity index (χ4n) is 1.98. The van der Waals surface area contributed by atoms with E-state index >= 15 is 0 Å². The Labute approximate surface area is 116 Å². The maximum absolute atomic E-state index is 12.0. The van der Waals surface area contributed by atoms with Crippen molar-refractivity contribution in [2.24, 2.45) is 10.2 Å². The summed E-state index contributed by atoms with van der Waals surface area (Å²) < 4.78 is 0. The first-order valence-electron chi connectivity index (χ1n) is 6.33. The molecule has 3 aromatic rings. The van der Waals surface area contributed by atoms with E-state index in [-0.39, 0.29) is 5.91 Å². The molecule has 0 unspecified atom stereocenters. The summed E-state index contributed by atoms with van der Waals surface area (Å²) in [4.78, 5) is 12.0. The minimum Gasteiger partial charge on any atom is -0.265 e. The molecule has 3 heteroatoms. The quantitative estimate of drug-likeness (QED) is 0.612. The first kappa shape index (κ1) is 12.2. The molecule has 0 saturated heterocycles. The van der Waals surface area contributed by atoms with Crippen molar-refractivity contribution in [3.8, 4) is 0 Å². The summed E-state index contributed by atoms with van der Waals surface area (Å²) in [6, 6.07) is 22.6. The lowest BCUT2D eigenvalue weighted by molar-refractivity contribution is 0.0995. The molecule has 0 aliphatic carbocycles. The molecule has 0 aliphatic heterocycles. The summed E-state index contributed by atoms with van der Waals surface area (Å²) in [5.74, 6) is -0.334.